The normalized spacial score (nSPS) is 26.1. The highest BCUT2D eigenvalue weighted by atomic mass is 19.1. The van der Waals surface area contributed by atoms with E-state index < -0.39 is 23.4 Å². The number of anilines is 1. The number of hydrogen-bond acceptors (Lipinski definition) is 6. The third kappa shape index (κ3) is 2.79. The summed E-state index contributed by atoms with van der Waals surface area (Å²) in [5.74, 6) is -1.71. The number of carboxylic acid groups (broad SMARTS) is 1. The number of carbonyl (C=O) groups is 1. The number of hydrogen-bond donors (Lipinski definition) is 3. The lowest BCUT2D eigenvalue weighted by atomic mass is 9.93. The van der Waals surface area contributed by atoms with Gasteiger partial charge in [0.1, 0.15) is 17.5 Å². The van der Waals surface area contributed by atoms with Crippen molar-refractivity contribution in [3.05, 3.63) is 33.9 Å². The van der Waals surface area contributed by atoms with Crippen LogP contribution >= 0.6 is 0 Å². The van der Waals surface area contributed by atoms with Crippen molar-refractivity contribution in [3.63, 3.8) is 0 Å². The van der Waals surface area contributed by atoms with Gasteiger partial charge in [0.05, 0.1) is 24.1 Å². The minimum absolute atomic E-state index is 0.0240. The van der Waals surface area contributed by atoms with Gasteiger partial charge < -0.3 is 29.7 Å². The van der Waals surface area contributed by atoms with Crippen LogP contribution in [0.25, 0.3) is 10.9 Å². The molecule has 160 valence electrons. The largest absolute Gasteiger partial charge is 0.492 e. The summed E-state index contributed by atoms with van der Waals surface area (Å²) in [6.07, 6.45) is 4.03. The molecule has 1 saturated carbocycles. The number of aliphatic hydroxyl groups is 1. The number of aromatic carboxylic acids is 1. The highest BCUT2D eigenvalue weighted by Crippen LogP contribution is 2.45. The molecule has 30 heavy (non-hydrogen) atoms. The van der Waals surface area contributed by atoms with Crippen molar-refractivity contribution in [1.29, 1.82) is 0 Å². The van der Waals surface area contributed by atoms with Crippen LogP contribution in [0.4, 0.5) is 10.1 Å². The molecule has 0 radical (unpaired) electrons. The molecule has 3 heterocycles. The molecule has 0 amide bonds. The molecule has 1 aliphatic carbocycles. The van der Waals surface area contributed by atoms with E-state index in [9.17, 15) is 19.8 Å². The van der Waals surface area contributed by atoms with Gasteiger partial charge in [-0.3, -0.25) is 4.79 Å². The van der Waals surface area contributed by atoms with E-state index in [1.807, 2.05) is 0 Å². The summed E-state index contributed by atoms with van der Waals surface area (Å²) in [4.78, 5) is 26.0. The van der Waals surface area contributed by atoms with E-state index in [2.05, 4.69) is 5.32 Å². The lowest BCUT2D eigenvalue weighted by Gasteiger charge is -2.29. The number of fused-ring (bicyclic) bond motifs is 2. The van der Waals surface area contributed by atoms with Crippen LogP contribution in [0.1, 0.15) is 42.1 Å². The van der Waals surface area contributed by atoms with Crippen molar-refractivity contribution in [3.8, 4) is 5.75 Å². The molecule has 3 fully saturated rings. The highest BCUT2D eigenvalue weighted by Gasteiger charge is 2.44. The maximum atomic E-state index is 15.4. The average Bonchev–Trinajstić information content (AvgIpc) is 3.52. The van der Waals surface area contributed by atoms with Gasteiger partial charge in [0.2, 0.25) is 5.43 Å². The molecule has 1 aromatic heterocycles. The van der Waals surface area contributed by atoms with Crippen LogP contribution in [0, 0.1) is 11.7 Å². The molecule has 1 aromatic carbocycles. The van der Waals surface area contributed by atoms with Gasteiger partial charge in [-0.15, -0.1) is 0 Å². The molecule has 3 N–H and O–H groups in total. The zero-order valence-corrected chi connectivity index (χ0v) is 16.6. The number of halogens is 1. The van der Waals surface area contributed by atoms with Gasteiger partial charge in [-0.25, -0.2) is 9.18 Å². The Morgan fingerprint density at radius 3 is 2.73 bits per heavy atom. The Balaban J connectivity index is 1.75. The van der Waals surface area contributed by atoms with Crippen LogP contribution in [0.2, 0.25) is 0 Å². The number of ether oxygens (including phenoxy) is 1. The van der Waals surface area contributed by atoms with E-state index in [-0.39, 0.29) is 40.4 Å². The number of aliphatic hydroxyl groups excluding tert-OH is 1. The smallest absolute Gasteiger partial charge is 0.341 e. The predicted octanol–water partition coefficient (Wildman–Crippen LogP) is 1.69. The van der Waals surface area contributed by atoms with Gasteiger partial charge in [0.15, 0.2) is 11.6 Å². The van der Waals surface area contributed by atoms with E-state index in [0.29, 0.717) is 12.1 Å². The van der Waals surface area contributed by atoms with Crippen LogP contribution in [0.15, 0.2) is 17.1 Å². The molecule has 2 saturated heterocycles. The molecule has 8 nitrogen and oxygen atoms in total. The SMILES string of the molecule is COc1c(N2C[C@@H]3CCCN[C@@H]3C2O)c(F)cc2c(=O)c(C(=O)O)cn(C3CC3)c12. The monoisotopic (exact) mass is 417 g/mol. The Kier molecular flexibility index (Phi) is 4.48. The lowest BCUT2D eigenvalue weighted by Crippen LogP contribution is -2.47. The first-order valence-electron chi connectivity index (χ1n) is 10.3. The summed E-state index contributed by atoms with van der Waals surface area (Å²) in [5.41, 5.74) is -0.637. The quantitative estimate of drug-likeness (QED) is 0.695. The Hall–Kier alpha value is -2.65. The average molecular weight is 417 g/mol. The van der Waals surface area contributed by atoms with Crippen molar-refractivity contribution in [2.75, 3.05) is 25.1 Å². The molecule has 2 aromatic rings. The second-order valence-electron chi connectivity index (χ2n) is 8.40. The van der Waals surface area contributed by atoms with Gasteiger partial charge in [-0.05, 0) is 44.2 Å². The van der Waals surface area contributed by atoms with E-state index in [0.717, 1.165) is 38.3 Å². The second kappa shape index (κ2) is 6.95. The molecule has 1 unspecified atom stereocenters. The summed E-state index contributed by atoms with van der Waals surface area (Å²) in [6.45, 7) is 1.28. The zero-order chi connectivity index (χ0) is 21.2. The highest BCUT2D eigenvalue weighted by molar-refractivity contribution is 5.97. The minimum Gasteiger partial charge on any atom is -0.492 e. The minimum atomic E-state index is -1.34. The fourth-order valence-electron chi connectivity index (χ4n) is 5.01. The fourth-order valence-corrected chi connectivity index (χ4v) is 5.01. The van der Waals surface area contributed by atoms with Crippen LogP contribution in [0.5, 0.6) is 5.75 Å². The van der Waals surface area contributed by atoms with Crippen molar-refractivity contribution in [2.24, 2.45) is 5.92 Å². The first-order valence-corrected chi connectivity index (χ1v) is 10.3. The molecule has 5 rings (SSSR count). The zero-order valence-electron chi connectivity index (χ0n) is 16.6. The first kappa shape index (κ1) is 19.3. The van der Waals surface area contributed by atoms with Gasteiger partial charge in [-0.1, -0.05) is 0 Å². The second-order valence-corrected chi connectivity index (χ2v) is 8.40. The van der Waals surface area contributed by atoms with E-state index in [1.54, 1.807) is 9.47 Å². The topological polar surface area (TPSA) is 104 Å². The summed E-state index contributed by atoms with van der Waals surface area (Å²) in [6, 6.07) is 0.966. The number of benzene rings is 1. The molecule has 0 spiro atoms. The number of nitrogens with one attached hydrogen (secondary N) is 1. The van der Waals surface area contributed by atoms with Gasteiger partial charge in [0.25, 0.3) is 0 Å². The predicted molar refractivity (Wildman–Crippen MR) is 108 cm³/mol. The van der Waals surface area contributed by atoms with Crippen molar-refractivity contribution < 1.29 is 24.1 Å². The summed E-state index contributed by atoms with van der Waals surface area (Å²) >= 11 is 0. The maximum Gasteiger partial charge on any atom is 0.341 e. The number of methoxy groups -OCH3 is 1. The standard InChI is InChI=1S/C21H24FN3O5/c1-30-19-16-12(18(26)13(21(28)29)9-24(16)11-4-5-11)7-14(22)17(19)25-8-10-3-2-6-23-15(10)20(25)27/h7,9-11,15,20,23,27H,2-6,8H2,1H3,(H,28,29)/t10-,15-,20?/m0/s1. The third-order valence-electron chi connectivity index (χ3n) is 6.57. The Morgan fingerprint density at radius 2 is 2.10 bits per heavy atom. The maximum absolute atomic E-state index is 15.4. The van der Waals surface area contributed by atoms with Gasteiger partial charge in [0, 0.05) is 18.8 Å². The number of pyridine rings is 1. The molecule has 0 bridgehead atoms. The molecular weight excluding hydrogens is 393 g/mol. The molecule has 9 heteroatoms. The lowest BCUT2D eigenvalue weighted by molar-refractivity contribution is 0.0694. The van der Waals surface area contributed by atoms with Crippen molar-refractivity contribution >= 4 is 22.6 Å². The van der Waals surface area contributed by atoms with Crippen molar-refractivity contribution in [2.45, 2.75) is 44.0 Å². The Bertz CT molecular complexity index is 1100. The Morgan fingerprint density at radius 1 is 1.33 bits per heavy atom. The van der Waals surface area contributed by atoms with Crippen LogP contribution in [0.3, 0.4) is 0 Å². The summed E-state index contributed by atoms with van der Waals surface area (Å²) in [7, 11) is 1.40. The third-order valence-corrected chi connectivity index (χ3v) is 6.57. The number of nitrogens with zero attached hydrogens (tertiary/aromatic N) is 2. The van der Waals surface area contributed by atoms with E-state index in [1.165, 1.54) is 13.3 Å². The van der Waals surface area contributed by atoms with Crippen LogP contribution < -0.4 is 20.4 Å². The summed E-state index contributed by atoms with van der Waals surface area (Å²) < 4.78 is 22.7. The molecular formula is C21H24FN3O5. The molecule has 3 aliphatic rings. The van der Waals surface area contributed by atoms with Crippen LogP contribution in [-0.2, 0) is 0 Å². The number of rotatable bonds is 4. The molecule has 3 atom stereocenters. The van der Waals surface area contributed by atoms with Gasteiger partial charge >= 0.3 is 5.97 Å². The van der Waals surface area contributed by atoms with E-state index in [4.69, 9.17) is 4.74 Å². The Labute approximate surface area is 171 Å². The molecule has 2 aliphatic heterocycles. The summed E-state index contributed by atoms with van der Waals surface area (Å²) in [5, 5.41) is 23.6. The van der Waals surface area contributed by atoms with Gasteiger partial charge in [-0.2, -0.15) is 0 Å². The fraction of sp³-hybridized carbons (Fsp3) is 0.524. The van der Waals surface area contributed by atoms with E-state index >= 15 is 4.39 Å². The number of carboxylic acids is 1. The van der Waals surface area contributed by atoms with Crippen molar-refractivity contribution in [1.82, 2.24) is 9.88 Å². The first-order chi connectivity index (χ1) is 14.4. The van der Waals surface area contributed by atoms with Crippen LogP contribution in [-0.4, -0.2) is 53.2 Å². The number of piperidine rings is 1. The number of aromatic nitrogens is 1.